The Morgan fingerprint density at radius 3 is 2.52 bits per heavy atom. The van der Waals surface area contributed by atoms with Crippen molar-refractivity contribution in [3.63, 3.8) is 0 Å². The van der Waals surface area contributed by atoms with Gasteiger partial charge in [-0.3, -0.25) is 4.79 Å². The summed E-state index contributed by atoms with van der Waals surface area (Å²) in [5, 5.41) is 2.94. The van der Waals surface area contributed by atoms with Crippen molar-refractivity contribution in [2.75, 3.05) is 40.0 Å². The van der Waals surface area contributed by atoms with Gasteiger partial charge < -0.3 is 14.8 Å². The second-order valence-electron chi connectivity index (χ2n) is 8.32. The Kier molecular flexibility index (Phi) is 7.03. The van der Waals surface area contributed by atoms with E-state index < -0.39 is 10.0 Å². The molecule has 3 rings (SSSR count). The molecular formula is C23H30N2O5S. The summed E-state index contributed by atoms with van der Waals surface area (Å²) in [6, 6.07) is 12.7. The Hall–Kier alpha value is -2.42. The number of carbonyl (C=O) groups is 1. The molecule has 0 saturated carbocycles. The van der Waals surface area contributed by atoms with Crippen molar-refractivity contribution >= 4 is 15.9 Å². The van der Waals surface area contributed by atoms with Gasteiger partial charge in [0.2, 0.25) is 10.0 Å². The molecule has 1 aliphatic heterocycles. The quantitative estimate of drug-likeness (QED) is 0.707. The van der Waals surface area contributed by atoms with E-state index in [1.807, 2.05) is 25.1 Å². The van der Waals surface area contributed by atoms with Crippen LogP contribution in [0.2, 0.25) is 0 Å². The average Bonchev–Trinajstić information content (AvgIpc) is 2.77. The minimum atomic E-state index is -3.80. The van der Waals surface area contributed by atoms with Gasteiger partial charge in [-0.25, -0.2) is 8.42 Å². The van der Waals surface area contributed by atoms with Gasteiger partial charge in [0, 0.05) is 30.6 Å². The van der Waals surface area contributed by atoms with Crippen molar-refractivity contribution in [3.05, 3.63) is 59.2 Å². The standard InChI is InChI=1S/C23H30N2O5S/c1-17-6-5-7-19(14-17)23(2,3)16-24-22(26)18-8-9-20(29-4)21(15-18)31(27,28)25-10-12-30-13-11-25/h5-9,14-15H,10-13,16H2,1-4H3,(H,24,26). The first-order valence-electron chi connectivity index (χ1n) is 10.3. The van der Waals surface area contributed by atoms with Crippen LogP contribution in [0.4, 0.5) is 0 Å². The molecule has 0 aliphatic carbocycles. The number of hydrogen-bond donors (Lipinski definition) is 1. The number of rotatable bonds is 7. The number of methoxy groups -OCH3 is 1. The first-order chi connectivity index (χ1) is 14.6. The number of ether oxygens (including phenoxy) is 2. The molecule has 31 heavy (non-hydrogen) atoms. The van der Waals surface area contributed by atoms with Crippen LogP contribution in [-0.2, 0) is 20.2 Å². The fourth-order valence-corrected chi connectivity index (χ4v) is 5.11. The molecular weight excluding hydrogens is 416 g/mol. The number of aryl methyl sites for hydroxylation is 1. The third kappa shape index (κ3) is 5.26. The van der Waals surface area contributed by atoms with Crippen LogP contribution in [0.25, 0.3) is 0 Å². The Balaban J connectivity index is 1.81. The number of hydrogen-bond acceptors (Lipinski definition) is 5. The first-order valence-corrected chi connectivity index (χ1v) is 11.7. The van der Waals surface area contributed by atoms with E-state index >= 15 is 0 Å². The zero-order valence-corrected chi connectivity index (χ0v) is 19.3. The van der Waals surface area contributed by atoms with Crippen molar-refractivity contribution < 1.29 is 22.7 Å². The minimum absolute atomic E-state index is 0.0116. The van der Waals surface area contributed by atoms with Gasteiger partial charge in [0.1, 0.15) is 10.6 Å². The molecule has 0 aromatic heterocycles. The topological polar surface area (TPSA) is 84.9 Å². The van der Waals surface area contributed by atoms with E-state index in [2.05, 4.69) is 25.2 Å². The highest BCUT2D eigenvalue weighted by molar-refractivity contribution is 7.89. The van der Waals surface area contributed by atoms with Gasteiger partial charge in [0.25, 0.3) is 5.91 Å². The summed E-state index contributed by atoms with van der Waals surface area (Å²) in [7, 11) is -2.39. The van der Waals surface area contributed by atoms with E-state index in [4.69, 9.17) is 9.47 Å². The number of sulfonamides is 1. The summed E-state index contributed by atoms with van der Waals surface area (Å²) in [6.07, 6.45) is 0. The number of carbonyl (C=O) groups excluding carboxylic acids is 1. The molecule has 0 spiro atoms. The number of amides is 1. The number of morpholine rings is 1. The molecule has 0 radical (unpaired) electrons. The molecule has 168 valence electrons. The molecule has 7 nitrogen and oxygen atoms in total. The van der Waals surface area contributed by atoms with Gasteiger partial charge >= 0.3 is 0 Å². The van der Waals surface area contributed by atoms with Crippen molar-refractivity contribution in [1.82, 2.24) is 9.62 Å². The average molecular weight is 447 g/mol. The number of nitrogens with one attached hydrogen (secondary N) is 1. The maximum absolute atomic E-state index is 13.1. The van der Waals surface area contributed by atoms with E-state index in [1.165, 1.54) is 23.5 Å². The zero-order valence-electron chi connectivity index (χ0n) is 18.5. The van der Waals surface area contributed by atoms with Gasteiger partial charge in [-0.15, -0.1) is 0 Å². The summed E-state index contributed by atoms with van der Waals surface area (Å²) in [4.78, 5) is 12.9. The van der Waals surface area contributed by atoms with Crippen molar-refractivity contribution in [2.24, 2.45) is 0 Å². The Labute approximate surface area is 184 Å². The van der Waals surface area contributed by atoms with Crippen LogP contribution in [0.1, 0.15) is 35.3 Å². The van der Waals surface area contributed by atoms with Crippen molar-refractivity contribution in [1.29, 1.82) is 0 Å². The molecule has 1 N–H and O–H groups in total. The molecule has 1 saturated heterocycles. The van der Waals surface area contributed by atoms with Gasteiger partial charge in [0.05, 0.1) is 20.3 Å². The van der Waals surface area contributed by atoms with Crippen LogP contribution in [0.3, 0.4) is 0 Å². The van der Waals surface area contributed by atoms with Crippen LogP contribution >= 0.6 is 0 Å². The second-order valence-corrected chi connectivity index (χ2v) is 10.2. The molecule has 0 atom stereocenters. The Morgan fingerprint density at radius 2 is 1.87 bits per heavy atom. The third-order valence-corrected chi connectivity index (χ3v) is 7.42. The zero-order chi connectivity index (χ0) is 22.6. The van der Waals surface area contributed by atoms with Crippen LogP contribution in [-0.4, -0.2) is 58.6 Å². The van der Waals surface area contributed by atoms with Crippen molar-refractivity contribution in [2.45, 2.75) is 31.1 Å². The van der Waals surface area contributed by atoms with Gasteiger partial charge in [0.15, 0.2) is 0 Å². The van der Waals surface area contributed by atoms with E-state index in [0.717, 1.165) is 11.1 Å². The lowest BCUT2D eigenvalue weighted by Crippen LogP contribution is -2.41. The molecule has 0 unspecified atom stereocenters. The lowest BCUT2D eigenvalue weighted by atomic mass is 9.84. The lowest BCUT2D eigenvalue weighted by molar-refractivity contribution is 0.0729. The highest BCUT2D eigenvalue weighted by Crippen LogP contribution is 2.29. The maximum atomic E-state index is 13.1. The molecule has 1 fully saturated rings. The van der Waals surface area contributed by atoms with E-state index in [0.29, 0.717) is 19.8 Å². The maximum Gasteiger partial charge on any atom is 0.251 e. The largest absolute Gasteiger partial charge is 0.495 e. The fourth-order valence-electron chi connectivity index (χ4n) is 3.52. The summed E-state index contributed by atoms with van der Waals surface area (Å²) in [6.45, 7) is 7.79. The van der Waals surface area contributed by atoms with Crippen molar-refractivity contribution in [3.8, 4) is 5.75 Å². The summed E-state index contributed by atoms with van der Waals surface area (Å²) in [5.74, 6) is -0.120. The lowest BCUT2D eigenvalue weighted by Gasteiger charge is -2.27. The van der Waals surface area contributed by atoms with Crippen LogP contribution in [0, 0.1) is 6.92 Å². The minimum Gasteiger partial charge on any atom is -0.495 e. The number of benzene rings is 2. The summed E-state index contributed by atoms with van der Waals surface area (Å²) >= 11 is 0. The van der Waals surface area contributed by atoms with Crippen LogP contribution < -0.4 is 10.1 Å². The normalized spacial score (nSPS) is 15.5. The second kappa shape index (κ2) is 9.38. The van der Waals surface area contributed by atoms with E-state index in [-0.39, 0.29) is 40.6 Å². The smallest absolute Gasteiger partial charge is 0.251 e. The predicted molar refractivity (Wildman–Crippen MR) is 119 cm³/mol. The van der Waals surface area contributed by atoms with Gasteiger partial charge in [-0.05, 0) is 30.7 Å². The van der Waals surface area contributed by atoms with Gasteiger partial charge in [-0.2, -0.15) is 4.31 Å². The predicted octanol–water partition coefficient (Wildman–Crippen LogP) is 2.73. The molecule has 1 amide bonds. The van der Waals surface area contributed by atoms with Crippen LogP contribution in [0.5, 0.6) is 5.75 Å². The number of nitrogens with zero attached hydrogens (tertiary/aromatic N) is 1. The Morgan fingerprint density at radius 1 is 1.16 bits per heavy atom. The highest BCUT2D eigenvalue weighted by Gasteiger charge is 2.30. The fraction of sp³-hybridized carbons (Fsp3) is 0.435. The Bertz CT molecular complexity index is 1040. The highest BCUT2D eigenvalue weighted by atomic mass is 32.2. The first kappa shape index (κ1) is 23.2. The van der Waals surface area contributed by atoms with Crippen LogP contribution in [0.15, 0.2) is 47.4 Å². The molecule has 1 heterocycles. The monoisotopic (exact) mass is 446 g/mol. The van der Waals surface area contributed by atoms with E-state index in [1.54, 1.807) is 6.07 Å². The van der Waals surface area contributed by atoms with Gasteiger partial charge in [-0.1, -0.05) is 43.7 Å². The molecule has 2 aromatic rings. The summed E-state index contributed by atoms with van der Waals surface area (Å²) in [5.41, 5.74) is 2.27. The molecule has 1 aliphatic rings. The molecule has 8 heteroatoms. The SMILES string of the molecule is COc1ccc(C(=O)NCC(C)(C)c2cccc(C)c2)cc1S(=O)(=O)N1CCOCC1. The van der Waals surface area contributed by atoms with E-state index in [9.17, 15) is 13.2 Å². The molecule has 0 bridgehead atoms. The summed E-state index contributed by atoms with van der Waals surface area (Å²) < 4.78 is 38.2. The third-order valence-electron chi connectivity index (χ3n) is 5.50. The molecule has 2 aromatic carbocycles.